The van der Waals surface area contributed by atoms with Gasteiger partial charge in [0.1, 0.15) is 6.20 Å². The minimum atomic E-state index is 0.855. The summed E-state index contributed by atoms with van der Waals surface area (Å²) in [7, 11) is 0. The fourth-order valence-electron chi connectivity index (χ4n) is 0.724. The van der Waals surface area contributed by atoms with Crippen LogP contribution < -0.4 is 0 Å². The first-order valence-electron chi connectivity index (χ1n) is 2.61. The SMILES string of the molecule is [c]1cn2ccnc2cn1. The zero-order valence-electron chi connectivity index (χ0n) is 4.65. The average molecular weight is 118 g/mol. The van der Waals surface area contributed by atoms with Gasteiger partial charge in [0.05, 0.1) is 6.20 Å². The van der Waals surface area contributed by atoms with Crippen LogP contribution in [0.5, 0.6) is 0 Å². The van der Waals surface area contributed by atoms with E-state index in [9.17, 15) is 0 Å². The molecule has 0 aliphatic heterocycles. The van der Waals surface area contributed by atoms with Gasteiger partial charge in [0.25, 0.3) is 0 Å². The minimum Gasteiger partial charge on any atom is -0.304 e. The second kappa shape index (κ2) is 1.55. The Kier molecular flexibility index (Phi) is 0.773. The van der Waals surface area contributed by atoms with E-state index >= 15 is 0 Å². The monoisotopic (exact) mass is 118 g/mol. The molecule has 0 unspecified atom stereocenters. The summed E-state index contributed by atoms with van der Waals surface area (Å²) in [6.07, 6.45) is 9.68. The Labute approximate surface area is 52.0 Å². The molecule has 0 aliphatic carbocycles. The fourth-order valence-corrected chi connectivity index (χ4v) is 0.724. The molecule has 1 radical (unpaired) electrons. The summed E-state index contributed by atoms with van der Waals surface area (Å²) in [6, 6.07) is 0. The van der Waals surface area contributed by atoms with E-state index in [0.717, 1.165) is 5.65 Å². The molecular weight excluding hydrogens is 114 g/mol. The lowest BCUT2D eigenvalue weighted by atomic mass is 10.7. The van der Waals surface area contributed by atoms with Crippen molar-refractivity contribution in [3.63, 3.8) is 0 Å². The highest BCUT2D eigenvalue weighted by atomic mass is 15.0. The molecule has 3 nitrogen and oxygen atoms in total. The number of fused-ring (bicyclic) bond motifs is 1. The molecule has 2 heterocycles. The fraction of sp³-hybridized carbons (Fsp3) is 0. The van der Waals surface area contributed by atoms with E-state index in [1.165, 1.54) is 0 Å². The van der Waals surface area contributed by atoms with Gasteiger partial charge in [0.2, 0.25) is 0 Å². The van der Waals surface area contributed by atoms with Crippen LogP contribution >= 0.6 is 0 Å². The van der Waals surface area contributed by atoms with E-state index in [1.807, 2.05) is 10.6 Å². The van der Waals surface area contributed by atoms with Gasteiger partial charge in [-0.05, 0) is 0 Å². The van der Waals surface area contributed by atoms with Crippen molar-refractivity contribution in [3.05, 3.63) is 31.0 Å². The topological polar surface area (TPSA) is 30.2 Å². The molecule has 43 valence electrons. The maximum atomic E-state index is 4.00. The highest BCUT2D eigenvalue weighted by Gasteiger charge is 1.87. The van der Waals surface area contributed by atoms with Crippen LogP contribution in [0.4, 0.5) is 0 Å². The molecule has 0 fully saturated rings. The standard InChI is InChI=1S/C6H4N3/c1-3-9-4-2-8-6(9)5-7-1/h2-5H. The van der Waals surface area contributed by atoms with Crippen molar-refractivity contribution in [2.45, 2.75) is 0 Å². The Bertz CT molecular complexity index is 282. The molecule has 2 aromatic rings. The molecule has 0 saturated carbocycles. The molecule has 2 rings (SSSR count). The first kappa shape index (κ1) is 4.49. The Morgan fingerprint density at radius 3 is 3.44 bits per heavy atom. The van der Waals surface area contributed by atoms with Crippen LogP contribution in [0.15, 0.2) is 24.8 Å². The first-order chi connectivity index (χ1) is 4.47. The zero-order chi connectivity index (χ0) is 6.10. The van der Waals surface area contributed by atoms with Crippen molar-refractivity contribution < 1.29 is 0 Å². The molecule has 0 atom stereocenters. The zero-order valence-corrected chi connectivity index (χ0v) is 4.65. The van der Waals surface area contributed by atoms with E-state index in [-0.39, 0.29) is 0 Å². The summed E-state index contributed by atoms with van der Waals surface area (Å²) < 4.78 is 1.85. The maximum absolute atomic E-state index is 4.00. The van der Waals surface area contributed by atoms with Gasteiger partial charge in [-0.15, -0.1) is 0 Å². The molecule has 0 aliphatic rings. The van der Waals surface area contributed by atoms with Crippen LogP contribution in [0.2, 0.25) is 0 Å². The van der Waals surface area contributed by atoms with Crippen molar-refractivity contribution >= 4 is 5.65 Å². The van der Waals surface area contributed by atoms with Gasteiger partial charge in [0, 0.05) is 18.6 Å². The van der Waals surface area contributed by atoms with Crippen molar-refractivity contribution in [1.29, 1.82) is 0 Å². The molecular formula is C6H4N3. The van der Waals surface area contributed by atoms with Crippen LogP contribution in [-0.2, 0) is 0 Å². The largest absolute Gasteiger partial charge is 0.304 e. The molecule has 0 saturated heterocycles. The van der Waals surface area contributed by atoms with Crippen LogP contribution in [-0.4, -0.2) is 14.4 Å². The molecule has 0 aromatic carbocycles. The van der Waals surface area contributed by atoms with Crippen LogP contribution in [0.25, 0.3) is 5.65 Å². The van der Waals surface area contributed by atoms with Gasteiger partial charge in [-0.3, -0.25) is 0 Å². The highest BCUT2D eigenvalue weighted by molar-refractivity contribution is 5.33. The summed E-state index contributed by atoms with van der Waals surface area (Å²) in [4.78, 5) is 7.78. The summed E-state index contributed by atoms with van der Waals surface area (Å²) >= 11 is 0. The summed E-state index contributed by atoms with van der Waals surface area (Å²) in [5, 5.41) is 0. The van der Waals surface area contributed by atoms with E-state index in [0.29, 0.717) is 0 Å². The molecule has 0 N–H and O–H groups in total. The van der Waals surface area contributed by atoms with E-state index in [2.05, 4.69) is 16.2 Å². The average Bonchev–Trinajstić information content (AvgIpc) is 2.33. The van der Waals surface area contributed by atoms with Gasteiger partial charge in [-0.1, -0.05) is 0 Å². The number of hydrogen-bond acceptors (Lipinski definition) is 2. The van der Waals surface area contributed by atoms with Gasteiger partial charge >= 0.3 is 0 Å². The van der Waals surface area contributed by atoms with E-state index in [1.54, 1.807) is 18.6 Å². The molecule has 2 aromatic heterocycles. The number of imidazole rings is 1. The Hall–Kier alpha value is -1.38. The van der Waals surface area contributed by atoms with Crippen molar-refractivity contribution in [2.24, 2.45) is 0 Å². The predicted octanol–water partition coefficient (Wildman–Crippen LogP) is 0.529. The summed E-state index contributed by atoms with van der Waals surface area (Å²) in [5.74, 6) is 0. The van der Waals surface area contributed by atoms with E-state index in [4.69, 9.17) is 0 Å². The van der Waals surface area contributed by atoms with Gasteiger partial charge in [-0.25, -0.2) is 9.97 Å². The van der Waals surface area contributed by atoms with Crippen molar-refractivity contribution in [2.75, 3.05) is 0 Å². The van der Waals surface area contributed by atoms with Crippen molar-refractivity contribution in [3.8, 4) is 0 Å². The molecule has 3 heteroatoms. The lowest BCUT2D eigenvalue weighted by molar-refractivity contribution is 1.12. The lowest BCUT2D eigenvalue weighted by Gasteiger charge is -1.85. The first-order valence-corrected chi connectivity index (χ1v) is 2.61. The third-order valence-corrected chi connectivity index (χ3v) is 1.15. The molecule has 0 amide bonds. The smallest absolute Gasteiger partial charge is 0.155 e. The van der Waals surface area contributed by atoms with Crippen molar-refractivity contribution in [1.82, 2.24) is 14.4 Å². The number of aromatic nitrogens is 3. The maximum Gasteiger partial charge on any atom is 0.155 e. The third-order valence-electron chi connectivity index (χ3n) is 1.15. The van der Waals surface area contributed by atoms with Crippen LogP contribution in [0.1, 0.15) is 0 Å². The second-order valence-corrected chi connectivity index (χ2v) is 1.71. The normalized spacial score (nSPS) is 10.2. The summed E-state index contributed by atoms with van der Waals surface area (Å²) in [6.45, 7) is 0. The Morgan fingerprint density at radius 1 is 1.56 bits per heavy atom. The van der Waals surface area contributed by atoms with Crippen LogP contribution in [0, 0.1) is 6.20 Å². The minimum absolute atomic E-state index is 0.855. The molecule has 9 heavy (non-hydrogen) atoms. The van der Waals surface area contributed by atoms with E-state index < -0.39 is 0 Å². The molecule has 0 spiro atoms. The Balaban J connectivity index is 2.95. The number of nitrogens with zero attached hydrogens (tertiary/aromatic N) is 3. The third kappa shape index (κ3) is 0.579. The number of hydrogen-bond donors (Lipinski definition) is 0. The summed E-state index contributed by atoms with van der Waals surface area (Å²) in [5.41, 5.74) is 0.855. The Morgan fingerprint density at radius 2 is 2.56 bits per heavy atom. The number of rotatable bonds is 0. The lowest BCUT2D eigenvalue weighted by Crippen LogP contribution is -1.81. The quantitative estimate of drug-likeness (QED) is 0.505. The molecule has 0 bridgehead atoms. The van der Waals surface area contributed by atoms with Gasteiger partial charge in [-0.2, -0.15) is 0 Å². The van der Waals surface area contributed by atoms with Crippen LogP contribution in [0.3, 0.4) is 0 Å². The predicted molar refractivity (Wildman–Crippen MR) is 31.8 cm³/mol. The van der Waals surface area contributed by atoms with Gasteiger partial charge < -0.3 is 4.40 Å². The highest BCUT2D eigenvalue weighted by Crippen LogP contribution is 1.93. The van der Waals surface area contributed by atoms with Gasteiger partial charge in [0.15, 0.2) is 5.65 Å². The second-order valence-electron chi connectivity index (χ2n) is 1.71.